The SMILES string of the molecule is Cc1cc2oc(=O)cc(CN3C(=O)NC4(CCCc5ccccc54)C3=O)c2cc1Cl. The number of halogens is 1. The zero-order valence-corrected chi connectivity index (χ0v) is 17.1. The highest BCUT2D eigenvalue weighted by Gasteiger charge is 2.53. The Morgan fingerprint density at radius 3 is 2.80 bits per heavy atom. The highest BCUT2D eigenvalue weighted by Crippen LogP contribution is 2.40. The molecule has 0 bridgehead atoms. The lowest BCUT2D eigenvalue weighted by Gasteiger charge is -2.33. The van der Waals surface area contributed by atoms with E-state index in [4.69, 9.17) is 16.0 Å². The van der Waals surface area contributed by atoms with Gasteiger partial charge in [-0.1, -0.05) is 35.9 Å². The number of hydrogen-bond acceptors (Lipinski definition) is 4. The Balaban J connectivity index is 1.58. The minimum absolute atomic E-state index is 0.0317. The van der Waals surface area contributed by atoms with Crippen LogP contribution in [-0.2, 0) is 23.3 Å². The zero-order chi connectivity index (χ0) is 21.0. The third-order valence-electron chi connectivity index (χ3n) is 6.09. The quantitative estimate of drug-likeness (QED) is 0.499. The summed E-state index contributed by atoms with van der Waals surface area (Å²) in [7, 11) is 0. The first-order valence-electron chi connectivity index (χ1n) is 9.84. The number of rotatable bonds is 2. The monoisotopic (exact) mass is 422 g/mol. The summed E-state index contributed by atoms with van der Waals surface area (Å²) in [5.41, 5.74) is 2.02. The maximum Gasteiger partial charge on any atom is 0.336 e. The van der Waals surface area contributed by atoms with E-state index in [0.29, 0.717) is 28.0 Å². The molecule has 152 valence electrons. The summed E-state index contributed by atoms with van der Waals surface area (Å²) in [6.07, 6.45) is 2.24. The molecule has 5 rings (SSSR count). The highest BCUT2D eigenvalue weighted by molar-refractivity contribution is 6.32. The summed E-state index contributed by atoms with van der Waals surface area (Å²) in [5.74, 6) is -0.292. The minimum atomic E-state index is -1.05. The van der Waals surface area contributed by atoms with Crippen molar-refractivity contribution in [1.82, 2.24) is 10.2 Å². The lowest BCUT2D eigenvalue weighted by atomic mass is 9.76. The maximum atomic E-state index is 13.5. The van der Waals surface area contributed by atoms with Crippen molar-refractivity contribution in [2.45, 2.75) is 38.3 Å². The molecule has 30 heavy (non-hydrogen) atoms. The van der Waals surface area contributed by atoms with Crippen molar-refractivity contribution in [2.75, 3.05) is 0 Å². The molecule has 1 aliphatic carbocycles. The molecule has 6 nitrogen and oxygen atoms in total. The number of aryl methyl sites for hydroxylation is 2. The van der Waals surface area contributed by atoms with Crippen LogP contribution in [0.15, 0.2) is 51.7 Å². The highest BCUT2D eigenvalue weighted by atomic mass is 35.5. The molecule has 3 amide bonds. The molecule has 2 aliphatic rings. The first-order chi connectivity index (χ1) is 14.4. The van der Waals surface area contributed by atoms with Crippen molar-refractivity contribution in [3.05, 3.63) is 80.2 Å². The van der Waals surface area contributed by atoms with Crippen LogP contribution in [0.5, 0.6) is 0 Å². The molecule has 1 aromatic heterocycles. The summed E-state index contributed by atoms with van der Waals surface area (Å²) >= 11 is 6.27. The van der Waals surface area contributed by atoms with Gasteiger partial charge in [0.2, 0.25) is 0 Å². The van der Waals surface area contributed by atoms with E-state index in [1.165, 1.54) is 11.0 Å². The number of imide groups is 1. The van der Waals surface area contributed by atoms with Gasteiger partial charge in [-0.25, -0.2) is 9.59 Å². The number of fused-ring (bicyclic) bond motifs is 3. The molecule has 7 heteroatoms. The fourth-order valence-corrected chi connectivity index (χ4v) is 4.77. The van der Waals surface area contributed by atoms with E-state index in [2.05, 4.69) is 5.32 Å². The zero-order valence-electron chi connectivity index (χ0n) is 16.3. The van der Waals surface area contributed by atoms with Crippen molar-refractivity contribution in [3.8, 4) is 0 Å². The lowest BCUT2D eigenvalue weighted by Crippen LogP contribution is -2.46. The maximum absolute atomic E-state index is 13.5. The topological polar surface area (TPSA) is 79.6 Å². The Bertz CT molecular complexity index is 1280. The fraction of sp³-hybridized carbons (Fsp3) is 0.261. The molecule has 2 heterocycles. The van der Waals surface area contributed by atoms with Crippen LogP contribution in [-0.4, -0.2) is 16.8 Å². The first-order valence-corrected chi connectivity index (χ1v) is 10.2. The number of hydrogen-bond donors (Lipinski definition) is 1. The summed E-state index contributed by atoms with van der Waals surface area (Å²) in [5, 5.41) is 4.07. The van der Waals surface area contributed by atoms with E-state index in [1.54, 1.807) is 12.1 Å². The molecule has 2 aromatic carbocycles. The number of nitrogens with zero attached hydrogens (tertiary/aromatic N) is 1. The molecule has 1 N–H and O–H groups in total. The standard InChI is InChI=1S/C23H19ClN2O4/c1-13-9-19-16(11-18(13)24)15(10-20(27)30-19)12-26-21(28)23(25-22(26)29)8-4-6-14-5-2-3-7-17(14)23/h2-3,5,7,9-11H,4,6,8,12H2,1H3,(H,25,29). The van der Waals surface area contributed by atoms with Gasteiger partial charge in [-0.3, -0.25) is 9.69 Å². The largest absolute Gasteiger partial charge is 0.423 e. The molecule has 1 aliphatic heterocycles. The molecular weight excluding hydrogens is 404 g/mol. The minimum Gasteiger partial charge on any atom is -0.423 e. The average molecular weight is 423 g/mol. The van der Waals surface area contributed by atoms with Gasteiger partial charge in [0.25, 0.3) is 5.91 Å². The Labute approximate surface area is 177 Å². The second-order valence-corrected chi connectivity index (χ2v) is 8.33. The van der Waals surface area contributed by atoms with Gasteiger partial charge in [0.15, 0.2) is 0 Å². The number of nitrogens with one attached hydrogen (secondary N) is 1. The van der Waals surface area contributed by atoms with Crippen molar-refractivity contribution < 1.29 is 14.0 Å². The van der Waals surface area contributed by atoms with Gasteiger partial charge >= 0.3 is 11.7 Å². The van der Waals surface area contributed by atoms with E-state index in [0.717, 1.165) is 29.5 Å². The van der Waals surface area contributed by atoms with Gasteiger partial charge in [-0.15, -0.1) is 0 Å². The summed E-state index contributed by atoms with van der Waals surface area (Å²) in [6.45, 7) is 1.78. The van der Waals surface area contributed by atoms with Crippen LogP contribution in [0.2, 0.25) is 5.02 Å². The van der Waals surface area contributed by atoms with Crippen LogP contribution < -0.4 is 10.9 Å². The molecule has 0 saturated carbocycles. The van der Waals surface area contributed by atoms with Crippen LogP contribution in [0.1, 0.15) is 35.1 Å². The van der Waals surface area contributed by atoms with Gasteiger partial charge in [-0.05, 0) is 60.6 Å². The van der Waals surface area contributed by atoms with E-state index in [9.17, 15) is 14.4 Å². The smallest absolute Gasteiger partial charge is 0.336 e. The second kappa shape index (κ2) is 6.71. The number of carbonyl (C=O) groups is 2. The van der Waals surface area contributed by atoms with Crippen molar-refractivity contribution in [2.24, 2.45) is 0 Å². The van der Waals surface area contributed by atoms with Gasteiger partial charge in [0, 0.05) is 16.5 Å². The van der Waals surface area contributed by atoms with Crippen molar-refractivity contribution >= 4 is 34.5 Å². The van der Waals surface area contributed by atoms with Crippen LogP contribution in [0.4, 0.5) is 4.79 Å². The number of benzene rings is 2. The van der Waals surface area contributed by atoms with E-state index in [1.807, 2.05) is 31.2 Å². The molecule has 1 fully saturated rings. The normalized spacial score (nSPS) is 20.7. The predicted octanol–water partition coefficient (Wildman–Crippen LogP) is 4.04. The van der Waals surface area contributed by atoms with E-state index in [-0.39, 0.29) is 12.5 Å². The molecule has 1 unspecified atom stereocenters. The van der Waals surface area contributed by atoms with Crippen molar-refractivity contribution in [3.63, 3.8) is 0 Å². The number of urea groups is 1. The van der Waals surface area contributed by atoms with Crippen molar-refractivity contribution in [1.29, 1.82) is 0 Å². The van der Waals surface area contributed by atoms with Crippen LogP contribution in [0.25, 0.3) is 11.0 Å². The molecule has 1 atom stereocenters. The molecular formula is C23H19ClN2O4. The Kier molecular flexibility index (Phi) is 4.22. The van der Waals surface area contributed by atoms with Crippen LogP contribution in [0.3, 0.4) is 0 Å². The Morgan fingerprint density at radius 2 is 1.97 bits per heavy atom. The molecule has 3 aromatic rings. The molecule has 1 saturated heterocycles. The first kappa shape index (κ1) is 18.9. The fourth-order valence-electron chi connectivity index (χ4n) is 4.60. The van der Waals surface area contributed by atoms with E-state index < -0.39 is 17.2 Å². The predicted molar refractivity (Wildman–Crippen MR) is 112 cm³/mol. The van der Waals surface area contributed by atoms with Gasteiger partial charge in [-0.2, -0.15) is 0 Å². The lowest BCUT2D eigenvalue weighted by molar-refractivity contribution is -0.132. The van der Waals surface area contributed by atoms with Crippen LogP contribution >= 0.6 is 11.6 Å². The number of carbonyl (C=O) groups excluding carboxylic acids is 2. The van der Waals surface area contributed by atoms with Gasteiger partial charge in [0.05, 0.1) is 6.54 Å². The summed E-state index contributed by atoms with van der Waals surface area (Å²) in [4.78, 5) is 39.7. The summed E-state index contributed by atoms with van der Waals surface area (Å²) in [6, 6.07) is 12.0. The number of amides is 3. The van der Waals surface area contributed by atoms with E-state index >= 15 is 0 Å². The third-order valence-corrected chi connectivity index (χ3v) is 6.50. The Morgan fingerprint density at radius 1 is 1.17 bits per heavy atom. The summed E-state index contributed by atoms with van der Waals surface area (Å²) < 4.78 is 5.29. The average Bonchev–Trinajstić information content (AvgIpc) is 2.94. The molecule has 0 radical (unpaired) electrons. The third kappa shape index (κ3) is 2.75. The Hall–Kier alpha value is -3.12. The molecule has 1 spiro atoms. The van der Waals surface area contributed by atoms with Crippen LogP contribution in [0, 0.1) is 6.92 Å². The second-order valence-electron chi connectivity index (χ2n) is 7.93. The van der Waals surface area contributed by atoms with Gasteiger partial charge in [0.1, 0.15) is 11.1 Å². The van der Waals surface area contributed by atoms with Gasteiger partial charge < -0.3 is 9.73 Å².